The van der Waals surface area contributed by atoms with Crippen molar-refractivity contribution in [3.05, 3.63) is 30.3 Å². The molecule has 1 aliphatic heterocycles. The van der Waals surface area contributed by atoms with Crippen molar-refractivity contribution in [2.24, 2.45) is 40.4 Å². The van der Waals surface area contributed by atoms with Gasteiger partial charge in [0.05, 0.1) is 36.6 Å². The molecule has 1 aromatic rings. The van der Waals surface area contributed by atoms with Gasteiger partial charge in [0.1, 0.15) is 5.75 Å². The summed E-state index contributed by atoms with van der Waals surface area (Å²) < 4.78 is 18.8. The fraction of sp³-hybridized carbons (Fsp3) is 0.793. The predicted molar refractivity (Wildman–Crippen MR) is 132 cm³/mol. The standard InChI is InChI=1S/C29H41NO6/c1-4-30-14-27(15-36-16-8-6-5-7-9-16)11-10-20(31)29-18-12-17-19(34-2)13-28(33,21(18)23(17)32)22(26(29)30)24(35-3)25(27)29/h5-9,17-26,31-33H,4,10-15H2,1-3H3. The first kappa shape index (κ1) is 23.9. The van der Waals surface area contributed by atoms with E-state index >= 15 is 0 Å². The maximum atomic E-state index is 12.6. The van der Waals surface area contributed by atoms with E-state index in [0.717, 1.165) is 38.1 Å². The van der Waals surface area contributed by atoms with Gasteiger partial charge in [-0.15, -0.1) is 0 Å². The van der Waals surface area contributed by atoms with Crippen molar-refractivity contribution in [2.75, 3.05) is 33.9 Å². The van der Waals surface area contributed by atoms with Crippen LogP contribution in [0.5, 0.6) is 5.75 Å². The van der Waals surface area contributed by atoms with Crippen LogP contribution in [-0.4, -0.2) is 90.2 Å². The number of fused-ring (bicyclic) bond motifs is 2. The van der Waals surface area contributed by atoms with E-state index in [-0.39, 0.29) is 53.3 Å². The number of aliphatic hydroxyl groups is 3. The van der Waals surface area contributed by atoms with Gasteiger partial charge in [0.25, 0.3) is 0 Å². The lowest BCUT2D eigenvalue weighted by molar-refractivity contribution is -0.271. The van der Waals surface area contributed by atoms with Crippen LogP contribution in [0.2, 0.25) is 0 Å². The molecule has 6 aliphatic rings. The summed E-state index contributed by atoms with van der Waals surface area (Å²) in [5, 5.41) is 36.3. The smallest absolute Gasteiger partial charge is 0.119 e. The summed E-state index contributed by atoms with van der Waals surface area (Å²) in [7, 11) is 3.47. The van der Waals surface area contributed by atoms with Gasteiger partial charge in [0.2, 0.25) is 0 Å². The summed E-state index contributed by atoms with van der Waals surface area (Å²) in [6.45, 7) is 4.48. The molecule has 7 heteroatoms. The Labute approximate surface area is 213 Å². The van der Waals surface area contributed by atoms with Gasteiger partial charge in [0.15, 0.2) is 0 Å². The SMILES string of the molecule is CCN1CC2(COc3ccccc3)CCC(O)C34C5CC6C(OC)CC(O)(C5C6O)C(C(OC)C23)C14. The van der Waals surface area contributed by atoms with Crippen LogP contribution in [-0.2, 0) is 9.47 Å². The highest BCUT2D eigenvalue weighted by molar-refractivity contribution is 5.35. The third-order valence-corrected chi connectivity index (χ3v) is 12.0. The summed E-state index contributed by atoms with van der Waals surface area (Å²) in [4.78, 5) is 2.53. The third kappa shape index (κ3) is 2.60. The van der Waals surface area contributed by atoms with Crippen molar-refractivity contribution >= 4 is 0 Å². The normalized spacial score (nSPS) is 54.5. The lowest BCUT2D eigenvalue weighted by atomic mass is 9.43. The Morgan fingerprint density at radius 2 is 1.86 bits per heavy atom. The van der Waals surface area contributed by atoms with Gasteiger partial charge in [-0.3, -0.25) is 4.90 Å². The molecule has 198 valence electrons. The molecule has 1 heterocycles. The average Bonchev–Trinajstić information content (AvgIpc) is 3.30. The van der Waals surface area contributed by atoms with E-state index < -0.39 is 23.2 Å². The van der Waals surface area contributed by atoms with Crippen LogP contribution < -0.4 is 4.74 Å². The van der Waals surface area contributed by atoms with Crippen molar-refractivity contribution in [3.63, 3.8) is 0 Å². The lowest BCUT2D eigenvalue weighted by Gasteiger charge is -2.68. The van der Waals surface area contributed by atoms with Crippen molar-refractivity contribution in [1.82, 2.24) is 4.90 Å². The van der Waals surface area contributed by atoms with E-state index in [1.807, 2.05) is 30.3 Å². The van der Waals surface area contributed by atoms with Crippen LogP contribution in [0.15, 0.2) is 30.3 Å². The van der Waals surface area contributed by atoms with Crippen LogP contribution >= 0.6 is 0 Å². The minimum atomic E-state index is -1.09. The maximum Gasteiger partial charge on any atom is 0.119 e. The highest BCUT2D eigenvalue weighted by atomic mass is 16.5. The van der Waals surface area contributed by atoms with Crippen molar-refractivity contribution in [1.29, 1.82) is 0 Å². The molecule has 1 spiro atoms. The summed E-state index contributed by atoms with van der Waals surface area (Å²) >= 11 is 0. The largest absolute Gasteiger partial charge is 0.493 e. The summed E-state index contributed by atoms with van der Waals surface area (Å²) in [5.41, 5.74) is -1.72. The van der Waals surface area contributed by atoms with Crippen LogP contribution in [0.3, 0.4) is 0 Å². The minimum Gasteiger partial charge on any atom is -0.493 e. The number of aliphatic hydroxyl groups excluding tert-OH is 2. The first-order valence-electron chi connectivity index (χ1n) is 13.9. The highest BCUT2D eigenvalue weighted by Crippen LogP contribution is 2.79. The summed E-state index contributed by atoms with van der Waals surface area (Å²) in [5.74, 6) is 0.505. The first-order chi connectivity index (χ1) is 17.4. The number of piperidine rings is 1. The van der Waals surface area contributed by atoms with Crippen LogP contribution in [0.25, 0.3) is 0 Å². The Morgan fingerprint density at radius 3 is 2.56 bits per heavy atom. The molecule has 7 nitrogen and oxygen atoms in total. The zero-order valence-electron chi connectivity index (χ0n) is 21.6. The van der Waals surface area contributed by atoms with Gasteiger partial charge < -0.3 is 29.5 Å². The van der Waals surface area contributed by atoms with Crippen molar-refractivity contribution < 1.29 is 29.5 Å². The Kier molecular flexibility index (Phi) is 5.24. The van der Waals surface area contributed by atoms with Gasteiger partial charge in [-0.05, 0) is 43.9 Å². The van der Waals surface area contributed by atoms with Gasteiger partial charge in [-0.2, -0.15) is 0 Å². The molecule has 3 N–H and O–H groups in total. The molecule has 0 aromatic heterocycles. The number of rotatable bonds is 6. The molecule has 13 atom stereocenters. The molecule has 1 saturated heterocycles. The van der Waals surface area contributed by atoms with Gasteiger partial charge in [-0.25, -0.2) is 0 Å². The zero-order chi connectivity index (χ0) is 25.0. The van der Waals surface area contributed by atoms with Crippen LogP contribution in [0.1, 0.15) is 32.6 Å². The van der Waals surface area contributed by atoms with E-state index in [0.29, 0.717) is 13.0 Å². The zero-order valence-corrected chi connectivity index (χ0v) is 21.6. The Bertz CT molecular complexity index is 1010. The summed E-state index contributed by atoms with van der Waals surface area (Å²) in [6, 6.07) is 10.0. The number of nitrogens with zero attached hydrogens (tertiary/aromatic N) is 1. The van der Waals surface area contributed by atoms with E-state index in [2.05, 4.69) is 11.8 Å². The van der Waals surface area contributed by atoms with Crippen LogP contribution in [0, 0.1) is 40.4 Å². The van der Waals surface area contributed by atoms with Crippen molar-refractivity contribution in [3.8, 4) is 5.75 Å². The van der Waals surface area contributed by atoms with Gasteiger partial charge in [-0.1, -0.05) is 25.1 Å². The second-order valence-corrected chi connectivity index (χ2v) is 12.7. The number of hydrogen-bond donors (Lipinski definition) is 3. The molecule has 1 aromatic carbocycles. The number of para-hydroxylation sites is 1. The molecular formula is C29H41NO6. The van der Waals surface area contributed by atoms with E-state index in [9.17, 15) is 15.3 Å². The second-order valence-electron chi connectivity index (χ2n) is 12.7. The van der Waals surface area contributed by atoms with E-state index in [1.165, 1.54) is 0 Å². The average molecular weight is 500 g/mol. The Morgan fingerprint density at radius 1 is 1.08 bits per heavy atom. The Balaban J connectivity index is 1.41. The molecule has 5 saturated carbocycles. The topological polar surface area (TPSA) is 91.6 Å². The van der Waals surface area contributed by atoms with Gasteiger partial charge in [0, 0.05) is 67.7 Å². The molecule has 0 amide bonds. The fourth-order valence-corrected chi connectivity index (χ4v) is 11.1. The fourth-order valence-electron chi connectivity index (χ4n) is 11.1. The number of hydrogen-bond acceptors (Lipinski definition) is 7. The molecule has 6 fully saturated rings. The lowest BCUT2D eigenvalue weighted by Crippen LogP contribution is -2.76. The molecule has 7 rings (SSSR count). The minimum absolute atomic E-state index is 0.0000988. The number of likely N-dealkylation sites (tertiary alicyclic amines) is 1. The highest BCUT2D eigenvalue weighted by Gasteiger charge is 2.86. The molecular weight excluding hydrogens is 458 g/mol. The quantitative estimate of drug-likeness (QED) is 0.551. The summed E-state index contributed by atoms with van der Waals surface area (Å²) in [6.07, 6.45) is 1.40. The van der Waals surface area contributed by atoms with Gasteiger partial charge >= 0.3 is 0 Å². The predicted octanol–water partition coefficient (Wildman–Crippen LogP) is 1.93. The molecule has 13 unspecified atom stereocenters. The van der Waals surface area contributed by atoms with E-state index in [4.69, 9.17) is 14.2 Å². The van der Waals surface area contributed by atoms with E-state index in [1.54, 1.807) is 14.2 Å². The number of ether oxygens (including phenoxy) is 3. The maximum absolute atomic E-state index is 12.6. The second kappa shape index (κ2) is 7.90. The number of methoxy groups -OCH3 is 2. The first-order valence-corrected chi connectivity index (χ1v) is 13.9. The monoisotopic (exact) mass is 499 g/mol. The Hall–Kier alpha value is -1.22. The molecule has 5 aliphatic carbocycles. The molecule has 7 bridgehead atoms. The van der Waals surface area contributed by atoms with Crippen molar-refractivity contribution in [2.45, 2.75) is 68.7 Å². The third-order valence-electron chi connectivity index (χ3n) is 12.0. The van der Waals surface area contributed by atoms with Crippen LogP contribution in [0.4, 0.5) is 0 Å². The molecule has 36 heavy (non-hydrogen) atoms. The molecule has 0 radical (unpaired) electrons. The number of benzene rings is 1.